The predicted molar refractivity (Wildman–Crippen MR) is 89.3 cm³/mol. The zero-order valence-electron chi connectivity index (χ0n) is 13.0. The van der Waals surface area contributed by atoms with Gasteiger partial charge in [0.15, 0.2) is 0 Å². The maximum Gasteiger partial charge on any atom is 0.0766 e. The van der Waals surface area contributed by atoms with Gasteiger partial charge in [0.05, 0.1) is 15.9 Å². The van der Waals surface area contributed by atoms with E-state index in [2.05, 4.69) is 41.8 Å². The van der Waals surface area contributed by atoms with Crippen LogP contribution in [0.2, 0.25) is 0 Å². The molecule has 0 saturated heterocycles. The van der Waals surface area contributed by atoms with Crippen molar-refractivity contribution < 1.29 is 0 Å². The summed E-state index contributed by atoms with van der Waals surface area (Å²) in [5.74, 6) is 2.17. The van der Waals surface area contributed by atoms with Crippen LogP contribution in [0.5, 0.6) is 0 Å². The van der Waals surface area contributed by atoms with Gasteiger partial charge in [-0.15, -0.1) is 11.6 Å². The Bertz CT molecular complexity index is 456. The molecule has 0 amide bonds. The van der Waals surface area contributed by atoms with Crippen LogP contribution < -0.4 is 0 Å². The molecular weight excluding hydrogens is 336 g/mol. The molecule has 3 atom stereocenters. The second kappa shape index (κ2) is 6.83. The zero-order valence-corrected chi connectivity index (χ0v) is 15.3. The number of nitrogens with zero attached hydrogens (tertiary/aromatic N) is 2. The van der Waals surface area contributed by atoms with Crippen molar-refractivity contribution in [1.29, 1.82) is 0 Å². The monoisotopic (exact) mass is 360 g/mol. The van der Waals surface area contributed by atoms with E-state index in [4.69, 9.17) is 11.6 Å². The molecule has 1 aromatic rings. The topological polar surface area (TPSA) is 17.8 Å². The quantitative estimate of drug-likeness (QED) is 0.692. The normalized spacial score (nSPS) is 27.2. The first-order valence-corrected chi connectivity index (χ1v) is 9.01. The van der Waals surface area contributed by atoms with Gasteiger partial charge >= 0.3 is 0 Å². The van der Waals surface area contributed by atoms with Crippen LogP contribution in [0.3, 0.4) is 0 Å². The summed E-state index contributed by atoms with van der Waals surface area (Å²) in [4.78, 5) is 0. The lowest BCUT2D eigenvalue weighted by molar-refractivity contribution is 0.216. The first-order chi connectivity index (χ1) is 9.43. The van der Waals surface area contributed by atoms with Crippen LogP contribution in [-0.2, 0) is 19.9 Å². The highest BCUT2D eigenvalue weighted by atomic mass is 79.9. The third-order valence-electron chi connectivity index (χ3n) is 4.83. The highest BCUT2D eigenvalue weighted by Crippen LogP contribution is 2.39. The number of hydrogen-bond donors (Lipinski definition) is 0. The molecule has 1 fully saturated rings. The Kier molecular flexibility index (Phi) is 5.58. The Morgan fingerprint density at radius 2 is 2.10 bits per heavy atom. The lowest BCUT2D eigenvalue weighted by atomic mass is 9.74. The molecule has 1 aliphatic rings. The van der Waals surface area contributed by atoms with E-state index in [0.29, 0.717) is 11.3 Å². The van der Waals surface area contributed by atoms with E-state index >= 15 is 0 Å². The molecule has 0 aromatic carbocycles. The van der Waals surface area contributed by atoms with Crippen LogP contribution in [0.15, 0.2) is 4.47 Å². The number of hydrogen-bond acceptors (Lipinski definition) is 1. The standard InChI is InChI=1S/C16H26BrClN2/c1-5-14-16(17)15(20(4)19-14)9-12-8-11(10(2)3)6-7-13(12)18/h10-13H,5-9H2,1-4H3. The number of aromatic nitrogens is 2. The van der Waals surface area contributed by atoms with Gasteiger partial charge in [0.1, 0.15) is 0 Å². The Balaban J connectivity index is 2.13. The van der Waals surface area contributed by atoms with Gasteiger partial charge in [0.25, 0.3) is 0 Å². The van der Waals surface area contributed by atoms with Crippen LogP contribution in [0, 0.1) is 17.8 Å². The summed E-state index contributed by atoms with van der Waals surface area (Å²) in [5.41, 5.74) is 2.46. The lowest BCUT2D eigenvalue weighted by Crippen LogP contribution is -2.30. The van der Waals surface area contributed by atoms with Crippen LogP contribution >= 0.6 is 27.5 Å². The molecule has 114 valence electrons. The Hall–Kier alpha value is -0.0200. The molecule has 0 aliphatic heterocycles. The predicted octanol–water partition coefficient (Wildman–Crippen LogP) is 4.97. The second-order valence-corrected chi connectivity index (χ2v) is 7.84. The molecule has 1 aromatic heterocycles. The summed E-state index contributed by atoms with van der Waals surface area (Å²) in [7, 11) is 2.05. The summed E-state index contributed by atoms with van der Waals surface area (Å²) in [6.45, 7) is 6.83. The van der Waals surface area contributed by atoms with E-state index in [0.717, 1.165) is 36.8 Å². The van der Waals surface area contributed by atoms with Crippen molar-refractivity contribution in [1.82, 2.24) is 9.78 Å². The number of aryl methyl sites for hydroxylation is 2. The fourth-order valence-electron chi connectivity index (χ4n) is 3.37. The molecular formula is C16H26BrClN2. The van der Waals surface area contributed by atoms with Gasteiger partial charge in [-0.25, -0.2) is 0 Å². The van der Waals surface area contributed by atoms with Gasteiger partial charge in [-0.2, -0.15) is 5.10 Å². The minimum Gasteiger partial charge on any atom is -0.271 e. The van der Waals surface area contributed by atoms with E-state index in [1.807, 2.05) is 11.7 Å². The van der Waals surface area contributed by atoms with Crippen molar-refractivity contribution >= 4 is 27.5 Å². The number of rotatable bonds is 4. The average Bonchev–Trinajstić information content (AvgIpc) is 2.68. The number of halogens is 2. The van der Waals surface area contributed by atoms with Crippen molar-refractivity contribution in [3.63, 3.8) is 0 Å². The van der Waals surface area contributed by atoms with Gasteiger partial charge in [0.2, 0.25) is 0 Å². The van der Waals surface area contributed by atoms with Crippen molar-refractivity contribution in [2.75, 3.05) is 0 Å². The highest BCUT2D eigenvalue weighted by Gasteiger charge is 2.32. The van der Waals surface area contributed by atoms with E-state index in [1.165, 1.54) is 23.0 Å². The summed E-state index contributed by atoms with van der Waals surface area (Å²) < 4.78 is 3.23. The Morgan fingerprint density at radius 3 is 2.65 bits per heavy atom. The van der Waals surface area contributed by atoms with Gasteiger partial charge in [-0.3, -0.25) is 4.68 Å². The number of alkyl halides is 1. The second-order valence-electron chi connectivity index (χ2n) is 6.48. The third kappa shape index (κ3) is 3.41. The van der Waals surface area contributed by atoms with Gasteiger partial charge in [0, 0.05) is 12.4 Å². The molecule has 0 radical (unpaired) electrons. The smallest absolute Gasteiger partial charge is 0.0766 e. The summed E-state index contributed by atoms with van der Waals surface area (Å²) in [6.07, 6.45) is 5.71. The Labute approximate surface area is 136 Å². The Morgan fingerprint density at radius 1 is 1.40 bits per heavy atom. The summed E-state index contributed by atoms with van der Waals surface area (Å²) in [5, 5.41) is 4.92. The highest BCUT2D eigenvalue weighted by molar-refractivity contribution is 9.10. The first-order valence-electron chi connectivity index (χ1n) is 7.78. The van der Waals surface area contributed by atoms with E-state index < -0.39 is 0 Å². The average molecular weight is 362 g/mol. The zero-order chi connectivity index (χ0) is 14.9. The van der Waals surface area contributed by atoms with Crippen molar-refractivity contribution in [3.05, 3.63) is 15.9 Å². The van der Waals surface area contributed by atoms with Crippen LogP contribution in [-0.4, -0.2) is 15.2 Å². The molecule has 4 heteroatoms. The van der Waals surface area contributed by atoms with E-state index in [1.54, 1.807) is 0 Å². The molecule has 0 N–H and O–H groups in total. The molecule has 3 unspecified atom stereocenters. The molecule has 1 saturated carbocycles. The van der Waals surface area contributed by atoms with Crippen molar-refractivity contribution in [3.8, 4) is 0 Å². The summed E-state index contributed by atoms with van der Waals surface area (Å²) in [6, 6.07) is 0. The van der Waals surface area contributed by atoms with Crippen LogP contribution in [0.25, 0.3) is 0 Å². The molecule has 1 aliphatic carbocycles. The first kappa shape index (κ1) is 16.4. The van der Waals surface area contributed by atoms with E-state index in [9.17, 15) is 0 Å². The van der Waals surface area contributed by atoms with Gasteiger partial charge in [-0.1, -0.05) is 20.8 Å². The molecule has 1 heterocycles. The van der Waals surface area contributed by atoms with Crippen molar-refractivity contribution in [2.24, 2.45) is 24.8 Å². The largest absolute Gasteiger partial charge is 0.271 e. The molecule has 2 rings (SSSR count). The fraction of sp³-hybridized carbons (Fsp3) is 0.812. The van der Waals surface area contributed by atoms with Crippen LogP contribution in [0.1, 0.15) is 51.4 Å². The van der Waals surface area contributed by atoms with Crippen LogP contribution in [0.4, 0.5) is 0 Å². The van der Waals surface area contributed by atoms with E-state index in [-0.39, 0.29) is 0 Å². The molecule has 2 nitrogen and oxygen atoms in total. The molecule has 0 bridgehead atoms. The lowest BCUT2D eigenvalue weighted by Gasteiger charge is -2.35. The third-order valence-corrected chi connectivity index (χ3v) is 6.32. The minimum absolute atomic E-state index is 0.317. The maximum absolute atomic E-state index is 6.60. The summed E-state index contributed by atoms with van der Waals surface area (Å²) >= 11 is 10.3. The SMILES string of the molecule is CCc1nn(C)c(CC2CC(C(C)C)CCC2Cl)c1Br. The van der Waals surface area contributed by atoms with Gasteiger partial charge in [-0.05, 0) is 65.8 Å². The maximum atomic E-state index is 6.60. The molecule has 0 spiro atoms. The van der Waals surface area contributed by atoms with Crippen molar-refractivity contribution in [2.45, 2.75) is 58.3 Å². The fourth-order valence-corrected chi connectivity index (χ4v) is 4.47. The minimum atomic E-state index is 0.317. The molecule has 20 heavy (non-hydrogen) atoms. The van der Waals surface area contributed by atoms with Gasteiger partial charge < -0.3 is 0 Å².